The second-order valence-corrected chi connectivity index (χ2v) is 15.1. The fourth-order valence-corrected chi connectivity index (χ4v) is 8.43. The van der Waals surface area contributed by atoms with Crippen molar-refractivity contribution in [3.63, 3.8) is 0 Å². The van der Waals surface area contributed by atoms with E-state index >= 15 is 0 Å². The SMILES string of the molecule is C=CC(O)C1CC[C@H]1CN1CC(c2ccc(Cl)cc2CCC)COc2ccc(SN(Cc3ccc(OC)cc3)Cc3ccc(OC)cc3)cc21. The molecule has 1 saturated carbocycles. The van der Waals surface area contributed by atoms with Crippen molar-refractivity contribution in [3.8, 4) is 17.2 Å². The molecule has 1 aliphatic heterocycles. The van der Waals surface area contributed by atoms with E-state index in [2.05, 4.69) is 77.3 Å². The van der Waals surface area contributed by atoms with E-state index in [-0.39, 0.29) is 11.8 Å². The summed E-state index contributed by atoms with van der Waals surface area (Å²) in [5.74, 6) is 3.39. The van der Waals surface area contributed by atoms with Crippen molar-refractivity contribution in [2.75, 3.05) is 38.8 Å². The minimum atomic E-state index is -0.481. The van der Waals surface area contributed by atoms with Crippen LogP contribution in [-0.4, -0.2) is 49.4 Å². The van der Waals surface area contributed by atoms with Gasteiger partial charge in [-0.25, -0.2) is 4.31 Å². The van der Waals surface area contributed by atoms with E-state index in [0.717, 1.165) is 84.7 Å². The lowest BCUT2D eigenvalue weighted by Gasteiger charge is -2.42. The minimum absolute atomic E-state index is 0.182. The van der Waals surface area contributed by atoms with Gasteiger partial charge in [-0.05, 0) is 120 Å². The van der Waals surface area contributed by atoms with Gasteiger partial charge in [0, 0.05) is 42.0 Å². The Hall–Kier alpha value is -3.62. The summed E-state index contributed by atoms with van der Waals surface area (Å²) in [4.78, 5) is 3.66. The summed E-state index contributed by atoms with van der Waals surface area (Å²) in [5.41, 5.74) is 6.13. The fraction of sp³-hybridized carbons (Fsp3) is 0.381. The smallest absolute Gasteiger partial charge is 0.142 e. The van der Waals surface area contributed by atoms with E-state index in [4.69, 9.17) is 25.8 Å². The Kier molecular flexibility index (Phi) is 12.3. The van der Waals surface area contributed by atoms with Crippen molar-refractivity contribution in [3.05, 3.63) is 125 Å². The molecule has 1 heterocycles. The van der Waals surface area contributed by atoms with Crippen LogP contribution in [0.25, 0.3) is 0 Å². The molecule has 1 aliphatic carbocycles. The third-order valence-corrected chi connectivity index (χ3v) is 11.3. The summed E-state index contributed by atoms with van der Waals surface area (Å²) in [7, 11) is 3.39. The first kappa shape index (κ1) is 36.2. The molecule has 0 saturated heterocycles. The standard InChI is InChI=1S/C42H49ClN2O4S/c1-5-7-31-22-34(43)13-20-38(31)33-27-44(26-32-12-19-39(32)41(46)6-2)40-23-37(18-21-42(40)49-28-33)50-45(24-29-8-14-35(47-3)15-9-29)25-30-10-16-36(48-4)17-11-30/h6,8-11,13-18,20-23,32-33,39,41,46H,2,5,7,12,19,24-28H2,1,3-4H3/t32-,33?,39?,41?/m0/s1. The number of hydrogen-bond acceptors (Lipinski definition) is 7. The molecule has 4 aromatic rings. The number of halogens is 1. The topological polar surface area (TPSA) is 54.4 Å². The summed E-state index contributed by atoms with van der Waals surface area (Å²) >= 11 is 8.23. The minimum Gasteiger partial charge on any atom is -0.497 e. The van der Waals surface area contributed by atoms with Gasteiger partial charge in [-0.1, -0.05) is 61.4 Å². The predicted molar refractivity (Wildman–Crippen MR) is 206 cm³/mol. The van der Waals surface area contributed by atoms with Gasteiger partial charge < -0.3 is 24.2 Å². The Morgan fingerprint density at radius 1 is 0.960 bits per heavy atom. The number of methoxy groups -OCH3 is 2. The molecule has 0 spiro atoms. The second kappa shape index (κ2) is 17.1. The third kappa shape index (κ3) is 8.81. The maximum atomic E-state index is 10.7. The molecule has 0 amide bonds. The molecule has 8 heteroatoms. The predicted octanol–water partition coefficient (Wildman–Crippen LogP) is 9.57. The first-order valence-corrected chi connectivity index (χ1v) is 18.8. The Morgan fingerprint density at radius 3 is 2.22 bits per heavy atom. The zero-order valence-corrected chi connectivity index (χ0v) is 31.0. The number of aryl methyl sites for hydroxylation is 1. The maximum absolute atomic E-state index is 10.7. The first-order chi connectivity index (χ1) is 24.4. The molecule has 264 valence electrons. The lowest BCUT2D eigenvalue weighted by molar-refractivity contribution is 0.0465. The van der Waals surface area contributed by atoms with Crippen LogP contribution in [-0.2, 0) is 19.5 Å². The maximum Gasteiger partial charge on any atom is 0.142 e. The van der Waals surface area contributed by atoms with Gasteiger partial charge in [0.15, 0.2) is 0 Å². The summed E-state index contributed by atoms with van der Waals surface area (Å²) in [6, 6.07) is 29.5. The van der Waals surface area contributed by atoms with Crippen LogP contribution < -0.4 is 19.1 Å². The highest BCUT2D eigenvalue weighted by atomic mass is 35.5. The van der Waals surface area contributed by atoms with Crippen LogP contribution in [0.2, 0.25) is 5.02 Å². The highest BCUT2D eigenvalue weighted by Crippen LogP contribution is 2.43. The Bertz CT molecular complexity index is 1670. The quantitative estimate of drug-likeness (QED) is 0.0973. The lowest BCUT2D eigenvalue weighted by Crippen LogP contribution is -2.43. The van der Waals surface area contributed by atoms with Crippen molar-refractivity contribution in [2.24, 2.45) is 11.8 Å². The van der Waals surface area contributed by atoms with Gasteiger partial charge >= 0.3 is 0 Å². The highest BCUT2D eigenvalue weighted by molar-refractivity contribution is 7.97. The Balaban J connectivity index is 1.30. The monoisotopic (exact) mass is 712 g/mol. The molecule has 1 fully saturated rings. The Labute approximate surface area is 307 Å². The van der Waals surface area contributed by atoms with Crippen LogP contribution in [0.15, 0.2) is 102 Å². The van der Waals surface area contributed by atoms with Crippen LogP contribution in [0.1, 0.15) is 54.4 Å². The average Bonchev–Trinajstić information content (AvgIpc) is 3.30. The number of rotatable bonds is 15. The number of nitrogens with zero attached hydrogens (tertiary/aromatic N) is 2. The summed E-state index contributed by atoms with van der Waals surface area (Å²) in [6.07, 6.45) is 5.37. The van der Waals surface area contributed by atoms with Gasteiger partial charge in [0.05, 0.1) is 32.6 Å². The number of benzene rings is 4. The van der Waals surface area contributed by atoms with Crippen LogP contribution in [0.5, 0.6) is 17.2 Å². The number of ether oxygens (including phenoxy) is 3. The molecule has 4 aromatic carbocycles. The van der Waals surface area contributed by atoms with E-state index in [1.54, 1.807) is 32.2 Å². The number of hydrogen-bond donors (Lipinski definition) is 1. The summed E-state index contributed by atoms with van der Waals surface area (Å²) in [6.45, 7) is 9.88. The molecule has 3 unspecified atom stereocenters. The number of anilines is 1. The van der Waals surface area contributed by atoms with Crippen LogP contribution in [0, 0.1) is 11.8 Å². The molecule has 1 N–H and O–H groups in total. The zero-order chi connectivity index (χ0) is 35.0. The molecule has 0 aromatic heterocycles. The van der Waals surface area contributed by atoms with Crippen molar-refractivity contribution in [1.29, 1.82) is 0 Å². The van der Waals surface area contributed by atoms with Crippen molar-refractivity contribution in [2.45, 2.75) is 62.6 Å². The lowest BCUT2D eigenvalue weighted by atomic mass is 9.70. The second-order valence-electron chi connectivity index (χ2n) is 13.4. The number of aliphatic hydroxyl groups is 1. The van der Waals surface area contributed by atoms with Gasteiger partial charge in [0.2, 0.25) is 0 Å². The van der Waals surface area contributed by atoms with Crippen molar-refractivity contribution in [1.82, 2.24) is 4.31 Å². The normalized spacial score (nSPS) is 19.2. The van der Waals surface area contributed by atoms with Crippen LogP contribution in [0.3, 0.4) is 0 Å². The molecule has 6 rings (SSSR count). The fourth-order valence-electron chi connectivity index (χ4n) is 7.22. The molecular formula is C42H49ClN2O4S. The van der Waals surface area contributed by atoms with E-state index in [9.17, 15) is 5.11 Å². The first-order valence-electron chi connectivity index (χ1n) is 17.7. The third-order valence-electron chi connectivity index (χ3n) is 10.1. The van der Waals surface area contributed by atoms with Gasteiger partial charge in [-0.2, -0.15) is 0 Å². The molecule has 0 bridgehead atoms. The zero-order valence-electron chi connectivity index (χ0n) is 29.4. The number of fused-ring (bicyclic) bond motifs is 1. The van der Waals surface area contributed by atoms with E-state index in [0.29, 0.717) is 12.5 Å². The van der Waals surface area contributed by atoms with E-state index in [1.807, 2.05) is 30.3 Å². The molecule has 50 heavy (non-hydrogen) atoms. The highest BCUT2D eigenvalue weighted by Gasteiger charge is 2.38. The molecule has 2 aliphatic rings. The van der Waals surface area contributed by atoms with Crippen LogP contribution in [0.4, 0.5) is 5.69 Å². The molecule has 4 atom stereocenters. The molecule has 6 nitrogen and oxygen atoms in total. The van der Waals surface area contributed by atoms with Crippen molar-refractivity contribution < 1.29 is 19.3 Å². The summed E-state index contributed by atoms with van der Waals surface area (Å²) < 4.78 is 19.9. The number of aliphatic hydroxyl groups excluding tert-OH is 1. The van der Waals surface area contributed by atoms with E-state index in [1.165, 1.54) is 22.3 Å². The molecular weight excluding hydrogens is 664 g/mol. The van der Waals surface area contributed by atoms with Gasteiger partial charge in [-0.3, -0.25) is 0 Å². The van der Waals surface area contributed by atoms with Gasteiger partial charge in [0.25, 0.3) is 0 Å². The van der Waals surface area contributed by atoms with Crippen molar-refractivity contribution >= 4 is 29.2 Å². The largest absolute Gasteiger partial charge is 0.497 e. The Morgan fingerprint density at radius 2 is 1.64 bits per heavy atom. The molecule has 0 radical (unpaired) electrons. The average molecular weight is 713 g/mol. The summed E-state index contributed by atoms with van der Waals surface area (Å²) in [5, 5.41) is 11.5. The van der Waals surface area contributed by atoms with E-state index < -0.39 is 6.10 Å². The van der Waals surface area contributed by atoms with Gasteiger partial charge in [0.1, 0.15) is 17.2 Å². The van der Waals surface area contributed by atoms with Gasteiger partial charge in [-0.15, -0.1) is 6.58 Å². The van der Waals surface area contributed by atoms with Crippen LogP contribution >= 0.6 is 23.5 Å².